The van der Waals surface area contributed by atoms with Crippen LogP contribution in [0.4, 0.5) is 4.39 Å². The SMILES string of the molecule is COCCOc1cc2nccc(Oc3cc(O)c(C)cc3F)c2cc1C#N. The number of rotatable bonds is 6. The van der Waals surface area contributed by atoms with E-state index < -0.39 is 5.82 Å². The monoisotopic (exact) mass is 368 g/mol. The van der Waals surface area contributed by atoms with Crippen molar-refractivity contribution in [3.05, 3.63) is 53.5 Å². The van der Waals surface area contributed by atoms with Gasteiger partial charge < -0.3 is 19.3 Å². The standard InChI is InChI=1S/C20H17FN2O4/c1-12-7-15(21)20(10-17(12)24)27-18-3-4-23-16-9-19(26-6-5-25-2)13(11-22)8-14(16)18/h3-4,7-10,24H,5-6H2,1-2H3. The molecule has 0 fully saturated rings. The van der Waals surface area contributed by atoms with E-state index >= 15 is 0 Å². The van der Waals surface area contributed by atoms with E-state index in [9.17, 15) is 14.8 Å². The number of phenolic OH excluding ortho intramolecular Hbond substituents is 1. The smallest absolute Gasteiger partial charge is 0.166 e. The topological polar surface area (TPSA) is 84.6 Å². The van der Waals surface area contributed by atoms with Gasteiger partial charge in [0.05, 0.1) is 17.7 Å². The summed E-state index contributed by atoms with van der Waals surface area (Å²) in [5, 5.41) is 19.7. The summed E-state index contributed by atoms with van der Waals surface area (Å²) in [6.07, 6.45) is 1.51. The molecule has 0 spiro atoms. The van der Waals surface area contributed by atoms with Crippen LogP contribution in [0.3, 0.4) is 0 Å². The number of nitriles is 1. The lowest BCUT2D eigenvalue weighted by Crippen LogP contribution is -2.05. The van der Waals surface area contributed by atoms with E-state index in [1.54, 1.807) is 32.2 Å². The van der Waals surface area contributed by atoms with Crippen LogP contribution in [0.5, 0.6) is 23.0 Å². The van der Waals surface area contributed by atoms with Crippen LogP contribution in [0.1, 0.15) is 11.1 Å². The fourth-order valence-electron chi connectivity index (χ4n) is 2.52. The number of methoxy groups -OCH3 is 1. The van der Waals surface area contributed by atoms with Gasteiger partial charge in [0.1, 0.15) is 29.9 Å². The van der Waals surface area contributed by atoms with Gasteiger partial charge in [-0.15, -0.1) is 0 Å². The molecule has 1 aromatic heterocycles. The number of aryl methyl sites for hydroxylation is 1. The van der Waals surface area contributed by atoms with Crippen molar-refractivity contribution < 1.29 is 23.7 Å². The van der Waals surface area contributed by atoms with Crippen LogP contribution in [0.25, 0.3) is 10.9 Å². The number of ether oxygens (including phenoxy) is 3. The number of halogens is 1. The Bertz CT molecular complexity index is 1030. The molecule has 2 aromatic carbocycles. The molecule has 1 heterocycles. The average Bonchev–Trinajstić information content (AvgIpc) is 2.66. The highest BCUT2D eigenvalue weighted by molar-refractivity contribution is 5.88. The molecule has 0 atom stereocenters. The van der Waals surface area contributed by atoms with Gasteiger partial charge in [0.2, 0.25) is 0 Å². The number of fused-ring (bicyclic) bond motifs is 1. The molecule has 7 heteroatoms. The van der Waals surface area contributed by atoms with Crippen LogP contribution in [-0.4, -0.2) is 30.4 Å². The first-order valence-electron chi connectivity index (χ1n) is 8.15. The van der Waals surface area contributed by atoms with E-state index in [-0.39, 0.29) is 11.5 Å². The van der Waals surface area contributed by atoms with Gasteiger partial charge in [0, 0.05) is 30.8 Å². The molecule has 1 N–H and O–H groups in total. The third kappa shape index (κ3) is 3.91. The summed E-state index contributed by atoms with van der Waals surface area (Å²) in [7, 11) is 1.56. The molecule has 0 saturated heterocycles. The lowest BCUT2D eigenvalue weighted by molar-refractivity contribution is 0.146. The van der Waals surface area contributed by atoms with Gasteiger partial charge in [-0.1, -0.05) is 0 Å². The van der Waals surface area contributed by atoms with Crippen LogP contribution in [-0.2, 0) is 4.74 Å². The summed E-state index contributed by atoms with van der Waals surface area (Å²) in [5.74, 6) is -0.107. The van der Waals surface area contributed by atoms with Crippen LogP contribution >= 0.6 is 0 Å². The number of hydrogen-bond acceptors (Lipinski definition) is 6. The van der Waals surface area contributed by atoms with Crippen molar-refractivity contribution in [3.63, 3.8) is 0 Å². The summed E-state index contributed by atoms with van der Waals surface area (Å²) >= 11 is 0. The summed E-state index contributed by atoms with van der Waals surface area (Å²) in [6.45, 7) is 2.27. The van der Waals surface area contributed by atoms with E-state index in [1.807, 2.05) is 0 Å². The first-order chi connectivity index (χ1) is 13.0. The highest BCUT2D eigenvalue weighted by Gasteiger charge is 2.14. The first kappa shape index (κ1) is 18.4. The number of pyridine rings is 1. The van der Waals surface area contributed by atoms with Crippen molar-refractivity contribution in [2.75, 3.05) is 20.3 Å². The van der Waals surface area contributed by atoms with Crippen molar-refractivity contribution in [1.82, 2.24) is 4.98 Å². The van der Waals surface area contributed by atoms with Gasteiger partial charge in [0.15, 0.2) is 11.6 Å². The zero-order valence-electron chi connectivity index (χ0n) is 14.8. The molecule has 0 saturated carbocycles. The predicted molar refractivity (Wildman–Crippen MR) is 96.7 cm³/mol. The lowest BCUT2D eigenvalue weighted by Gasteiger charge is -2.13. The number of phenols is 1. The normalized spacial score (nSPS) is 10.6. The fraction of sp³-hybridized carbons (Fsp3) is 0.200. The van der Waals surface area contributed by atoms with E-state index in [2.05, 4.69) is 11.1 Å². The van der Waals surface area contributed by atoms with Gasteiger partial charge in [-0.2, -0.15) is 5.26 Å². The van der Waals surface area contributed by atoms with Crippen molar-refractivity contribution in [2.45, 2.75) is 6.92 Å². The maximum atomic E-state index is 14.2. The lowest BCUT2D eigenvalue weighted by atomic mass is 10.1. The van der Waals surface area contributed by atoms with E-state index in [1.165, 1.54) is 18.3 Å². The van der Waals surface area contributed by atoms with Crippen LogP contribution < -0.4 is 9.47 Å². The number of hydrogen-bond donors (Lipinski definition) is 1. The Labute approximate surface area is 155 Å². The second-order valence-corrected chi connectivity index (χ2v) is 5.80. The third-order valence-corrected chi connectivity index (χ3v) is 3.94. The maximum Gasteiger partial charge on any atom is 0.166 e. The Morgan fingerprint density at radius 1 is 1.15 bits per heavy atom. The fourth-order valence-corrected chi connectivity index (χ4v) is 2.52. The Kier molecular flexibility index (Phi) is 5.38. The van der Waals surface area contributed by atoms with Crippen LogP contribution in [0.15, 0.2) is 36.5 Å². The highest BCUT2D eigenvalue weighted by Crippen LogP contribution is 2.35. The van der Waals surface area contributed by atoms with E-state index in [4.69, 9.17) is 14.2 Å². The molecule has 0 amide bonds. The molecule has 3 aromatic rings. The van der Waals surface area contributed by atoms with Crippen LogP contribution in [0.2, 0.25) is 0 Å². The zero-order valence-corrected chi connectivity index (χ0v) is 14.8. The van der Waals surface area contributed by atoms with Gasteiger partial charge in [-0.05, 0) is 30.7 Å². The molecule has 0 aliphatic heterocycles. The zero-order chi connectivity index (χ0) is 19.4. The maximum absolute atomic E-state index is 14.2. The molecule has 138 valence electrons. The van der Waals surface area contributed by atoms with Gasteiger partial charge >= 0.3 is 0 Å². The number of nitrogens with zero attached hydrogens (tertiary/aromatic N) is 2. The minimum Gasteiger partial charge on any atom is -0.508 e. The Morgan fingerprint density at radius 3 is 2.70 bits per heavy atom. The van der Waals surface area contributed by atoms with E-state index in [0.717, 1.165) is 0 Å². The van der Waals surface area contributed by atoms with Crippen molar-refractivity contribution >= 4 is 10.9 Å². The van der Waals surface area contributed by atoms with Crippen molar-refractivity contribution in [3.8, 4) is 29.1 Å². The summed E-state index contributed by atoms with van der Waals surface area (Å²) in [6, 6.07) is 9.23. The third-order valence-electron chi connectivity index (χ3n) is 3.94. The van der Waals surface area contributed by atoms with Gasteiger partial charge in [-0.25, -0.2) is 4.39 Å². The molecule has 27 heavy (non-hydrogen) atoms. The highest BCUT2D eigenvalue weighted by atomic mass is 19.1. The Hall–Kier alpha value is -3.37. The molecule has 3 rings (SSSR count). The molecule has 0 aliphatic carbocycles. The van der Waals surface area contributed by atoms with Gasteiger partial charge in [0.25, 0.3) is 0 Å². The summed E-state index contributed by atoms with van der Waals surface area (Å²) in [4.78, 5) is 4.26. The quantitative estimate of drug-likeness (QED) is 0.660. The Morgan fingerprint density at radius 2 is 1.96 bits per heavy atom. The molecule has 0 unspecified atom stereocenters. The number of aromatic nitrogens is 1. The predicted octanol–water partition coefficient (Wildman–Crippen LogP) is 4.08. The van der Waals surface area contributed by atoms with E-state index in [0.29, 0.717) is 46.7 Å². The average molecular weight is 368 g/mol. The molecule has 0 radical (unpaired) electrons. The second-order valence-electron chi connectivity index (χ2n) is 5.80. The molecule has 6 nitrogen and oxygen atoms in total. The largest absolute Gasteiger partial charge is 0.508 e. The number of benzene rings is 2. The summed E-state index contributed by atoms with van der Waals surface area (Å²) in [5.41, 5.74) is 1.23. The molecular weight excluding hydrogens is 351 g/mol. The minimum atomic E-state index is -0.602. The van der Waals surface area contributed by atoms with Gasteiger partial charge in [-0.3, -0.25) is 4.98 Å². The number of aromatic hydroxyl groups is 1. The molecular formula is C20H17FN2O4. The Balaban J connectivity index is 2.02. The first-order valence-corrected chi connectivity index (χ1v) is 8.15. The molecule has 0 aliphatic rings. The summed E-state index contributed by atoms with van der Waals surface area (Å²) < 4.78 is 30.3. The second kappa shape index (κ2) is 7.89. The molecule has 0 bridgehead atoms. The van der Waals surface area contributed by atoms with Crippen molar-refractivity contribution in [2.24, 2.45) is 0 Å². The van der Waals surface area contributed by atoms with Crippen LogP contribution in [0, 0.1) is 24.1 Å². The van der Waals surface area contributed by atoms with Crippen molar-refractivity contribution in [1.29, 1.82) is 5.26 Å². The minimum absolute atomic E-state index is 0.0729.